The van der Waals surface area contributed by atoms with Crippen molar-refractivity contribution in [2.45, 2.75) is 12.8 Å². The fraction of sp³-hybridized carbons (Fsp3) is 0.136. The average molecular weight is 330 g/mol. The van der Waals surface area contributed by atoms with Gasteiger partial charge in [-0.05, 0) is 41.3 Å². The van der Waals surface area contributed by atoms with E-state index in [1.165, 1.54) is 0 Å². The summed E-state index contributed by atoms with van der Waals surface area (Å²) in [5.74, 6) is 1.03. The van der Waals surface area contributed by atoms with Crippen LogP contribution in [0, 0.1) is 0 Å². The number of carbonyl (C=O) groups excluding carboxylic acids is 1. The van der Waals surface area contributed by atoms with Crippen LogP contribution < -0.4 is 4.74 Å². The molecule has 1 aliphatic carbocycles. The highest BCUT2D eigenvalue weighted by atomic mass is 16.5. The summed E-state index contributed by atoms with van der Waals surface area (Å²) < 4.78 is 5.21. The first-order valence-electron chi connectivity index (χ1n) is 8.31. The van der Waals surface area contributed by atoms with Gasteiger partial charge in [-0.25, -0.2) is 0 Å². The van der Waals surface area contributed by atoms with Gasteiger partial charge in [0, 0.05) is 23.1 Å². The van der Waals surface area contributed by atoms with Crippen LogP contribution in [0.15, 0.2) is 60.7 Å². The molecule has 0 fully saturated rings. The van der Waals surface area contributed by atoms with Crippen LogP contribution in [0.4, 0.5) is 0 Å². The Kier molecular flexibility index (Phi) is 3.77. The Labute approximate surface area is 146 Å². The summed E-state index contributed by atoms with van der Waals surface area (Å²) in [6.45, 7) is 0. The van der Waals surface area contributed by atoms with Crippen molar-refractivity contribution in [3.8, 4) is 33.8 Å². The predicted molar refractivity (Wildman–Crippen MR) is 98.2 cm³/mol. The third-order valence-corrected chi connectivity index (χ3v) is 4.75. The molecule has 0 atom stereocenters. The van der Waals surface area contributed by atoms with Gasteiger partial charge in [0.05, 0.1) is 7.11 Å². The quantitative estimate of drug-likeness (QED) is 0.746. The lowest BCUT2D eigenvalue weighted by molar-refractivity contribution is 0.0995. The van der Waals surface area contributed by atoms with Gasteiger partial charge in [-0.1, -0.05) is 42.5 Å². The van der Waals surface area contributed by atoms with Crippen LogP contribution in [-0.4, -0.2) is 18.0 Å². The molecule has 3 aromatic carbocycles. The second-order valence-corrected chi connectivity index (χ2v) is 6.20. The van der Waals surface area contributed by atoms with Gasteiger partial charge in [0.1, 0.15) is 11.5 Å². The highest BCUT2D eigenvalue weighted by Gasteiger charge is 2.28. The van der Waals surface area contributed by atoms with Gasteiger partial charge >= 0.3 is 0 Å². The number of carbonyl (C=O) groups is 1. The molecule has 0 unspecified atom stereocenters. The Hall–Kier alpha value is -3.07. The average Bonchev–Trinajstić information content (AvgIpc) is 3.03. The van der Waals surface area contributed by atoms with Crippen molar-refractivity contribution >= 4 is 5.78 Å². The van der Waals surface area contributed by atoms with E-state index in [1.807, 2.05) is 60.7 Å². The molecule has 4 rings (SSSR count). The first-order valence-corrected chi connectivity index (χ1v) is 8.31. The summed E-state index contributed by atoms with van der Waals surface area (Å²) in [6, 6.07) is 19.2. The third-order valence-electron chi connectivity index (χ3n) is 4.75. The molecule has 3 heteroatoms. The van der Waals surface area contributed by atoms with Gasteiger partial charge in [0.15, 0.2) is 5.78 Å². The van der Waals surface area contributed by atoms with Crippen molar-refractivity contribution in [2.24, 2.45) is 0 Å². The zero-order valence-electron chi connectivity index (χ0n) is 14.0. The number of methoxy groups -OCH3 is 1. The maximum Gasteiger partial charge on any atom is 0.164 e. The van der Waals surface area contributed by atoms with Crippen molar-refractivity contribution in [2.75, 3.05) is 7.11 Å². The summed E-state index contributed by atoms with van der Waals surface area (Å²) >= 11 is 0. The van der Waals surface area contributed by atoms with E-state index in [4.69, 9.17) is 4.74 Å². The van der Waals surface area contributed by atoms with Crippen molar-refractivity contribution < 1.29 is 14.6 Å². The summed E-state index contributed by atoms with van der Waals surface area (Å²) in [7, 11) is 1.63. The molecule has 0 aliphatic heterocycles. The zero-order chi connectivity index (χ0) is 17.4. The van der Waals surface area contributed by atoms with Crippen molar-refractivity contribution in [3.05, 3.63) is 71.8 Å². The molecule has 1 aliphatic rings. The topological polar surface area (TPSA) is 46.5 Å². The number of aromatic hydroxyl groups is 1. The number of hydrogen-bond donors (Lipinski definition) is 1. The lowest BCUT2D eigenvalue weighted by Gasteiger charge is -2.15. The van der Waals surface area contributed by atoms with Gasteiger partial charge in [-0.15, -0.1) is 0 Å². The van der Waals surface area contributed by atoms with Gasteiger partial charge in [-0.2, -0.15) is 0 Å². The molecule has 0 saturated heterocycles. The van der Waals surface area contributed by atoms with Crippen LogP contribution >= 0.6 is 0 Å². The zero-order valence-corrected chi connectivity index (χ0v) is 14.0. The molecule has 0 radical (unpaired) electrons. The molecule has 0 aromatic heterocycles. The van der Waals surface area contributed by atoms with Gasteiger partial charge < -0.3 is 9.84 Å². The minimum atomic E-state index is 0.102. The number of benzene rings is 3. The number of fused-ring (bicyclic) bond motifs is 1. The van der Waals surface area contributed by atoms with E-state index in [0.717, 1.165) is 34.4 Å². The number of ketones is 1. The standard InChI is InChI=1S/C22H18O3/c1-25-17-10-7-14(8-11-17)18-13-16-9-12-19(23)20(16)21(22(18)24)15-5-3-2-4-6-15/h2-8,10-11,13,24H,9,12H2,1H3. The van der Waals surface area contributed by atoms with Crippen molar-refractivity contribution in [1.82, 2.24) is 0 Å². The minimum Gasteiger partial charge on any atom is -0.507 e. The molecule has 0 amide bonds. The minimum absolute atomic E-state index is 0.102. The molecular weight excluding hydrogens is 312 g/mol. The van der Waals surface area contributed by atoms with Crippen LogP contribution in [-0.2, 0) is 6.42 Å². The Balaban J connectivity index is 1.97. The fourth-order valence-electron chi connectivity index (χ4n) is 3.49. The van der Waals surface area contributed by atoms with Gasteiger partial charge in [0.25, 0.3) is 0 Å². The Bertz CT molecular complexity index is 941. The lowest BCUT2D eigenvalue weighted by atomic mass is 9.90. The second kappa shape index (κ2) is 6.10. The van der Waals surface area contributed by atoms with E-state index in [0.29, 0.717) is 17.5 Å². The van der Waals surface area contributed by atoms with Gasteiger partial charge in [-0.3, -0.25) is 4.79 Å². The predicted octanol–water partition coefficient (Wildman–Crippen LogP) is 4.86. The van der Waals surface area contributed by atoms with E-state index >= 15 is 0 Å². The molecule has 25 heavy (non-hydrogen) atoms. The molecule has 3 aromatic rings. The smallest absolute Gasteiger partial charge is 0.164 e. The monoisotopic (exact) mass is 330 g/mol. The van der Waals surface area contributed by atoms with Crippen LogP contribution in [0.2, 0.25) is 0 Å². The Morgan fingerprint density at radius 2 is 1.60 bits per heavy atom. The van der Waals surface area contributed by atoms with E-state index in [2.05, 4.69) is 0 Å². The summed E-state index contributed by atoms with van der Waals surface area (Å²) in [4.78, 5) is 12.4. The number of rotatable bonds is 3. The van der Waals surface area contributed by atoms with E-state index in [9.17, 15) is 9.90 Å². The Morgan fingerprint density at radius 3 is 2.28 bits per heavy atom. The molecule has 124 valence electrons. The number of hydrogen-bond acceptors (Lipinski definition) is 3. The number of aryl methyl sites for hydroxylation is 1. The van der Waals surface area contributed by atoms with Crippen molar-refractivity contribution in [3.63, 3.8) is 0 Å². The number of ether oxygens (including phenoxy) is 1. The molecule has 0 bridgehead atoms. The molecular formula is C22H18O3. The normalized spacial score (nSPS) is 12.9. The highest BCUT2D eigenvalue weighted by Crippen LogP contribution is 2.45. The molecule has 0 spiro atoms. The molecule has 0 saturated carbocycles. The van der Waals surface area contributed by atoms with E-state index in [-0.39, 0.29) is 11.5 Å². The Morgan fingerprint density at radius 1 is 0.880 bits per heavy atom. The largest absolute Gasteiger partial charge is 0.507 e. The summed E-state index contributed by atoms with van der Waals surface area (Å²) in [6.07, 6.45) is 1.22. The van der Waals surface area contributed by atoms with Crippen LogP contribution in [0.3, 0.4) is 0 Å². The number of phenolic OH excluding ortho intramolecular Hbond substituents is 1. The molecule has 1 N–H and O–H groups in total. The van der Waals surface area contributed by atoms with Crippen LogP contribution in [0.25, 0.3) is 22.3 Å². The first kappa shape index (κ1) is 15.5. The SMILES string of the molecule is COc1ccc(-c2cc3c(c(-c4ccccc4)c2O)C(=O)CC3)cc1. The summed E-state index contributed by atoms with van der Waals surface area (Å²) in [5, 5.41) is 11.0. The van der Waals surface area contributed by atoms with E-state index < -0.39 is 0 Å². The van der Waals surface area contributed by atoms with Crippen LogP contribution in [0.5, 0.6) is 11.5 Å². The number of Topliss-reactive ketones (excluding diaryl/α,β-unsaturated/α-hetero) is 1. The highest BCUT2D eigenvalue weighted by molar-refractivity contribution is 6.09. The van der Waals surface area contributed by atoms with E-state index in [1.54, 1.807) is 7.11 Å². The molecule has 0 heterocycles. The van der Waals surface area contributed by atoms with Gasteiger partial charge in [0.2, 0.25) is 0 Å². The number of phenols is 1. The first-order chi connectivity index (χ1) is 12.2. The third kappa shape index (κ3) is 2.58. The maximum absolute atomic E-state index is 12.4. The lowest BCUT2D eigenvalue weighted by Crippen LogP contribution is -1.98. The second-order valence-electron chi connectivity index (χ2n) is 6.20. The maximum atomic E-state index is 12.4. The molecule has 3 nitrogen and oxygen atoms in total. The fourth-order valence-corrected chi connectivity index (χ4v) is 3.49. The summed E-state index contributed by atoms with van der Waals surface area (Å²) in [5.41, 5.74) is 4.83. The van der Waals surface area contributed by atoms with Crippen LogP contribution in [0.1, 0.15) is 22.3 Å². The van der Waals surface area contributed by atoms with Crippen molar-refractivity contribution in [1.29, 1.82) is 0 Å².